The average Bonchev–Trinajstić information content (AvgIpc) is 1.98. The standard InChI is InChI=1S/C10H22ClNO2S/c1-6-10(5,7-11)12-15(13,14)8-9(2,3)4/h12H,6-8H2,1-5H3. The number of nitrogens with one attached hydrogen (secondary N) is 1. The van der Waals surface area contributed by atoms with Crippen LogP contribution in [0.25, 0.3) is 0 Å². The van der Waals surface area contributed by atoms with Gasteiger partial charge in [0, 0.05) is 11.4 Å². The second-order valence-corrected chi connectivity index (χ2v) is 7.46. The first-order valence-electron chi connectivity index (χ1n) is 5.11. The Bertz CT molecular complexity index is 289. The average molecular weight is 256 g/mol. The molecule has 0 rings (SSSR count). The minimum absolute atomic E-state index is 0.118. The molecule has 0 spiro atoms. The lowest BCUT2D eigenvalue weighted by Crippen LogP contribution is -2.49. The van der Waals surface area contributed by atoms with Gasteiger partial charge in [0.2, 0.25) is 10.0 Å². The number of hydrogen-bond acceptors (Lipinski definition) is 2. The summed E-state index contributed by atoms with van der Waals surface area (Å²) in [5.74, 6) is 0.402. The van der Waals surface area contributed by atoms with Gasteiger partial charge >= 0.3 is 0 Å². The smallest absolute Gasteiger partial charge is 0.212 e. The lowest BCUT2D eigenvalue weighted by atomic mass is 10.0. The molecule has 1 unspecified atom stereocenters. The molecular weight excluding hydrogens is 234 g/mol. The SMILES string of the molecule is CCC(C)(CCl)NS(=O)(=O)CC(C)(C)C. The first-order valence-corrected chi connectivity index (χ1v) is 7.30. The predicted octanol–water partition coefficient (Wildman–Crippen LogP) is 2.36. The van der Waals surface area contributed by atoms with Crippen molar-refractivity contribution in [2.24, 2.45) is 5.41 Å². The van der Waals surface area contributed by atoms with Crippen molar-refractivity contribution < 1.29 is 8.42 Å². The maximum atomic E-state index is 11.8. The lowest BCUT2D eigenvalue weighted by Gasteiger charge is -2.28. The summed E-state index contributed by atoms with van der Waals surface area (Å²) in [4.78, 5) is 0. The molecule has 0 saturated heterocycles. The molecule has 0 heterocycles. The van der Waals surface area contributed by atoms with Crippen LogP contribution in [0, 0.1) is 5.41 Å². The van der Waals surface area contributed by atoms with Crippen LogP contribution >= 0.6 is 11.6 Å². The summed E-state index contributed by atoms with van der Waals surface area (Å²) in [5.41, 5.74) is -0.779. The zero-order valence-electron chi connectivity index (χ0n) is 10.2. The van der Waals surface area contributed by atoms with Crippen molar-refractivity contribution in [1.29, 1.82) is 0 Å². The fourth-order valence-electron chi connectivity index (χ4n) is 1.18. The molecule has 0 aromatic carbocycles. The largest absolute Gasteiger partial charge is 0.212 e. The monoisotopic (exact) mass is 255 g/mol. The molecule has 15 heavy (non-hydrogen) atoms. The van der Waals surface area contributed by atoms with Gasteiger partial charge < -0.3 is 0 Å². The van der Waals surface area contributed by atoms with Crippen LogP contribution in [0.5, 0.6) is 0 Å². The molecule has 0 saturated carbocycles. The fraction of sp³-hybridized carbons (Fsp3) is 1.00. The van der Waals surface area contributed by atoms with Crippen LogP contribution in [0.15, 0.2) is 0 Å². The van der Waals surface area contributed by atoms with Gasteiger partial charge in [-0.05, 0) is 18.8 Å². The van der Waals surface area contributed by atoms with Gasteiger partial charge in [-0.25, -0.2) is 13.1 Å². The van der Waals surface area contributed by atoms with Crippen molar-refractivity contribution in [1.82, 2.24) is 4.72 Å². The molecule has 5 heteroatoms. The summed E-state index contributed by atoms with van der Waals surface area (Å²) in [6, 6.07) is 0. The van der Waals surface area contributed by atoms with Crippen LogP contribution in [-0.2, 0) is 10.0 Å². The van der Waals surface area contributed by atoms with Gasteiger partial charge in [0.05, 0.1) is 5.75 Å². The first-order chi connectivity index (χ1) is 6.54. The van der Waals surface area contributed by atoms with Crippen molar-refractivity contribution in [3.05, 3.63) is 0 Å². The highest BCUT2D eigenvalue weighted by atomic mass is 35.5. The van der Waals surface area contributed by atoms with Crippen molar-refractivity contribution >= 4 is 21.6 Å². The molecule has 0 radical (unpaired) electrons. The Labute approximate surface area is 98.6 Å². The molecule has 0 amide bonds. The molecule has 0 aliphatic rings. The van der Waals surface area contributed by atoms with Crippen LogP contribution in [0.4, 0.5) is 0 Å². The minimum Gasteiger partial charge on any atom is -0.212 e. The second kappa shape index (κ2) is 5.02. The van der Waals surface area contributed by atoms with Gasteiger partial charge in [-0.2, -0.15) is 0 Å². The van der Waals surface area contributed by atoms with E-state index in [0.29, 0.717) is 6.42 Å². The van der Waals surface area contributed by atoms with Crippen LogP contribution in [0.3, 0.4) is 0 Å². The predicted molar refractivity (Wildman–Crippen MR) is 65.8 cm³/mol. The van der Waals surface area contributed by atoms with E-state index >= 15 is 0 Å². The molecule has 0 fully saturated rings. The van der Waals surface area contributed by atoms with E-state index in [0.717, 1.165) is 0 Å². The third-order valence-electron chi connectivity index (χ3n) is 2.10. The van der Waals surface area contributed by atoms with Crippen LogP contribution < -0.4 is 4.72 Å². The van der Waals surface area contributed by atoms with Crippen LogP contribution in [-0.4, -0.2) is 25.6 Å². The summed E-state index contributed by atoms with van der Waals surface area (Å²) < 4.78 is 26.3. The Kier molecular flexibility index (Phi) is 5.09. The zero-order chi connectivity index (χ0) is 12.3. The third kappa shape index (κ3) is 6.38. The number of halogens is 1. The minimum atomic E-state index is -3.26. The lowest BCUT2D eigenvalue weighted by molar-refractivity contribution is 0.422. The Hall–Kier alpha value is 0.200. The Balaban J connectivity index is 4.65. The Morgan fingerprint density at radius 1 is 1.20 bits per heavy atom. The summed E-state index contributed by atoms with van der Waals surface area (Å²) in [6.45, 7) is 9.44. The second-order valence-electron chi connectivity index (χ2n) is 5.47. The van der Waals surface area contributed by atoms with Crippen molar-refractivity contribution in [3.8, 4) is 0 Å². The Morgan fingerprint density at radius 3 is 1.93 bits per heavy atom. The molecule has 1 atom stereocenters. The van der Waals surface area contributed by atoms with E-state index in [2.05, 4.69) is 4.72 Å². The first kappa shape index (κ1) is 15.2. The third-order valence-corrected chi connectivity index (χ3v) is 4.74. The highest BCUT2D eigenvalue weighted by Crippen LogP contribution is 2.19. The molecule has 1 N–H and O–H groups in total. The number of sulfonamides is 1. The van der Waals surface area contributed by atoms with E-state index in [1.807, 2.05) is 34.6 Å². The molecule has 0 aliphatic heterocycles. The molecule has 0 bridgehead atoms. The van der Waals surface area contributed by atoms with Crippen LogP contribution in [0.1, 0.15) is 41.0 Å². The van der Waals surface area contributed by atoms with Gasteiger partial charge in [-0.15, -0.1) is 11.6 Å². The van der Waals surface area contributed by atoms with E-state index in [-0.39, 0.29) is 17.0 Å². The summed E-state index contributed by atoms with van der Waals surface area (Å²) in [5, 5.41) is 0. The van der Waals surface area contributed by atoms with Crippen molar-refractivity contribution in [3.63, 3.8) is 0 Å². The topological polar surface area (TPSA) is 46.2 Å². The number of hydrogen-bond donors (Lipinski definition) is 1. The van der Waals surface area contributed by atoms with Gasteiger partial charge in [-0.1, -0.05) is 27.7 Å². The van der Waals surface area contributed by atoms with Crippen molar-refractivity contribution in [2.45, 2.75) is 46.6 Å². The highest BCUT2D eigenvalue weighted by Gasteiger charge is 2.30. The highest BCUT2D eigenvalue weighted by molar-refractivity contribution is 7.89. The van der Waals surface area contributed by atoms with E-state index in [9.17, 15) is 8.42 Å². The molecule has 0 aliphatic carbocycles. The Morgan fingerprint density at radius 2 is 1.67 bits per heavy atom. The zero-order valence-corrected chi connectivity index (χ0v) is 11.8. The van der Waals surface area contributed by atoms with E-state index in [4.69, 9.17) is 11.6 Å². The normalized spacial score (nSPS) is 17.5. The number of alkyl halides is 1. The van der Waals surface area contributed by atoms with E-state index in [1.165, 1.54) is 0 Å². The summed E-state index contributed by atoms with van der Waals surface area (Å²) in [6.07, 6.45) is 0.680. The van der Waals surface area contributed by atoms with Gasteiger partial charge in [-0.3, -0.25) is 0 Å². The maximum Gasteiger partial charge on any atom is 0.212 e. The maximum absolute atomic E-state index is 11.8. The quantitative estimate of drug-likeness (QED) is 0.767. The van der Waals surface area contributed by atoms with Crippen LogP contribution in [0.2, 0.25) is 0 Å². The molecule has 0 aromatic heterocycles. The van der Waals surface area contributed by atoms with E-state index < -0.39 is 15.6 Å². The molecular formula is C10H22ClNO2S. The molecule has 92 valence electrons. The molecule has 0 aromatic rings. The summed E-state index contributed by atoms with van der Waals surface area (Å²) in [7, 11) is -3.26. The number of rotatable bonds is 5. The van der Waals surface area contributed by atoms with Gasteiger partial charge in [0.1, 0.15) is 0 Å². The van der Waals surface area contributed by atoms with Gasteiger partial charge in [0.25, 0.3) is 0 Å². The summed E-state index contributed by atoms with van der Waals surface area (Å²) >= 11 is 5.76. The van der Waals surface area contributed by atoms with Crippen molar-refractivity contribution in [2.75, 3.05) is 11.6 Å². The molecule has 3 nitrogen and oxygen atoms in total. The fourth-order valence-corrected chi connectivity index (χ4v) is 3.69. The van der Waals surface area contributed by atoms with Gasteiger partial charge in [0.15, 0.2) is 0 Å². The van der Waals surface area contributed by atoms with E-state index in [1.54, 1.807) is 0 Å².